The van der Waals surface area contributed by atoms with Crippen molar-refractivity contribution >= 4 is 34.3 Å². The van der Waals surface area contributed by atoms with Gasteiger partial charge in [-0.3, -0.25) is 0 Å². The molecule has 0 radical (unpaired) electrons. The fourth-order valence-electron chi connectivity index (χ4n) is 1.69. The molecule has 0 atom stereocenters. The van der Waals surface area contributed by atoms with Crippen molar-refractivity contribution in [3.05, 3.63) is 45.1 Å². The molecule has 0 amide bonds. The van der Waals surface area contributed by atoms with Gasteiger partial charge in [0.2, 0.25) is 0 Å². The lowest BCUT2D eigenvalue weighted by atomic mass is 10.2. The molecule has 3 N–H and O–H groups in total. The molecule has 0 aliphatic heterocycles. The monoisotopic (exact) mass is 266 g/mol. The van der Waals surface area contributed by atoms with Crippen LogP contribution in [-0.4, -0.2) is 6.54 Å². The van der Waals surface area contributed by atoms with Gasteiger partial charge >= 0.3 is 0 Å². The van der Waals surface area contributed by atoms with Gasteiger partial charge in [-0.15, -0.1) is 11.3 Å². The highest BCUT2D eigenvalue weighted by atomic mass is 35.5. The first-order chi connectivity index (χ1) is 8.18. The van der Waals surface area contributed by atoms with Crippen LogP contribution in [0.2, 0.25) is 5.02 Å². The molecule has 2 rings (SSSR count). The molecule has 1 aromatic heterocycles. The molecule has 1 aromatic carbocycles. The molecule has 90 valence electrons. The molecule has 4 heteroatoms. The summed E-state index contributed by atoms with van der Waals surface area (Å²) >= 11 is 7.87. The number of thiophene rings is 1. The highest BCUT2D eigenvalue weighted by Crippen LogP contribution is 2.27. The molecule has 0 saturated carbocycles. The van der Waals surface area contributed by atoms with E-state index in [0.29, 0.717) is 10.7 Å². The summed E-state index contributed by atoms with van der Waals surface area (Å²) in [5.41, 5.74) is 8.75. The largest absolute Gasteiger partial charge is 0.397 e. The van der Waals surface area contributed by atoms with Crippen molar-refractivity contribution in [2.75, 3.05) is 17.6 Å². The van der Waals surface area contributed by atoms with Crippen molar-refractivity contribution in [3.8, 4) is 0 Å². The van der Waals surface area contributed by atoms with Gasteiger partial charge in [0, 0.05) is 11.4 Å². The van der Waals surface area contributed by atoms with Gasteiger partial charge in [0.1, 0.15) is 0 Å². The van der Waals surface area contributed by atoms with E-state index in [1.165, 1.54) is 10.4 Å². The summed E-state index contributed by atoms with van der Waals surface area (Å²) in [6.45, 7) is 2.98. The minimum Gasteiger partial charge on any atom is -0.397 e. The smallest absolute Gasteiger partial charge is 0.0763 e. The van der Waals surface area contributed by atoms with Crippen LogP contribution in [0, 0.1) is 6.92 Å². The van der Waals surface area contributed by atoms with Crippen LogP contribution in [0.25, 0.3) is 0 Å². The third-order valence-corrected chi connectivity index (χ3v) is 4.07. The lowest BCUT2D eigenvalue weighted by Crippen LogP contribution is -2.07. The molecule has 1 heterocycles. The Morgan fingerprint density at radius 3 is 2.82 bits per heavy atom. The van der Waals surface area contributed by atoms with E-state index in [4.69, 9.17) is 17.3 Å². The average Bonchev–Trinajstić information content (AvgIpc) is 2.69. The van der Waals surface area contributed by atoms with Crippen LogP contribution in [0.5, 0.6) is 0 Å². The van der Waals surface area contributed by atoms with E-state index in [0.717, 1.165) is 18.7 Å². The van der Waals surface area contributed by atoms with Crippen molar-refractivity contribution in [1.82, 2.24) is 0 Å². The van der Waals surface area contributed by atoms with E-state index in [9.17, 15) is 0 Å². The van der Waals surface area contributed by atoms with Crippen LogP contribution in [0.15, 0.2) is 29.6 Å². The number of hydrogen-bond donors (Lipinski definition) is 2. The Morgan fingerprint density at radius 1 is 1.35 bits per heavy atom. The summed E-state index contributed by atoms with van der Waals surface area (Å²) in [7, 11) is 0. The maximum absolute atomic E-state index is 6.08. The zero-order valence-corrected chi connectivity index (χ0v) is 11.2. The van der Waals surface area contributed by atoms with Gasteiger partial charge in [-0.05, 0) is 42.5 Å². The number of rotatable bonds is 4. The molecule has 0 aliphatic carbocycles. The number of hydrogen-bond acceptors (Lipinski definition) is 3. The second-order valence-electron chi connectivity index (χ2n) is 3.91. The van der Waals surface area contributed by atoms with Crippen molar-refractivity contribution in [2.45, 2.75) is 13.3 Å². The van der Waals surface area contributed by atoms with E-state index in [1.54, 1.807) is 11.3 Å². The first-order valence-corrected chi connectivity index (χ1v) is 6.75. The number of anilines is 2. The Kier molecular flexibility index (Phi) is 3.92. The minimum absolute atomic E-state index is 0.674. The van der Waals surface area contributed by atoms with Crippen molar-refractivity contribution < 1.29 is 0 Å². The van der Waals surface area contributed by atoms with Crippen LogP contribution >= 0.6 is 22.9 Å². The third kappa shape index (κ3) is 2.93. The molecule has 2 aromatic rings. The third-order valence-electron chi connectivity index (χ3n) is 2.67. The maximum atomic E-state index is 6.08. The molecule has 0 fully saturated rings. The standard InChI is InChI=1S/C13H15ClN2S/c1-9-6-8-17-12(9)5-7-16-13-10(14)3-2-4-11(13)15/h2-4,6,8,16H,5,7,15H2,1H3. The zero-order chi connectivity index (χ0) is 12.3. The SMILES string of the molecule is Cc1ccsc1CCNc1c(N)cccc1Cl. The number of nitrogens with one attached hydrogen (secondary N) is 1. The number of benzene rings is 1. The lowest BCUT2D eigenvalue weighted by molar-refractivity contribution is 1.03. The molecule has 17 heavy (non-hydrogen) atoms. The Hall–Kier alpha value is -1.19. The first kappa shape index (κ1) is 12.3. The fraction of sp³-hybridized carbons (Fsp3) is 0.231. The normalized spacial score (nSPS) is 10.5. The molecule has 0 spiro atoms. The van der Waals surface area contributed by atoms with E-state index >= 15 is 0 Å². The van der Waals surface area contributed by atoms with Gasteiger partial charge < -0.3 is 11.1 Å². The van der Waals surface area contributed by atoms with Crippen molar-refractivity contribution in [3.63, 3.8) is 0 Å². The van der Waals surface area contributed by atoms with Crippen LogP contribution in [0.4, 0.5) is 11.4 Å². The summed E-state index contributed by atoms with van der Waals surface area (Å²) in [5.74, 6) is 0. The van der Waals surface area contributed by atoms with E-state index in [2.05, 4.69) is 23.7 Å². The van der Waals surface area contributed by atoms with Crippen LogP contribution in [-0.2, 0) is 6.42 Å². The van der Waals surface area contributed by atoms with Gasteiger partial charge in [-0.2, -0.15) is 0 Å². The predicted molar refractivity (Wildman–Crippen MR) is 77.1 cm³/mol. The highest BCUT2D eigenvalue weighted by molar-refractivity contribution is 7.10. The van der Waals surface area contributed by atoms with E-state index < -0.39 is 0 Å². The Morgan fingerprint density at radius 2 is 2.18 bits per heavy atom. The number of para-hydroxylation sites is 1. The zero-order valence-electron chi connectivity index (χ0n) is 9.66. The molecule has 0 saturated heterocycles. The Labute approximate surface area is 110 Å². The molecular weight excluding hydrogens is 252 g/mol. The first-order valence-electron chi connectivity index (χ1n) is 5.49. The molecule has 0 unspecified atom stereocenters. The van der Waals surface area contributed by atoms with Gasteiger partial charge in [-0.1, -0.05) is 17.7 Å². The van der Waals surface area contributed by atoms with E-state index in [1.807, 2.05) is 18.2 Å². The summed E-state index contributed by atoms with van der Waals surface area (Å²) < 4.78 is 0. The number of halogens is 1. The fourth-order valence-corrected chi connectivity index (χ4v) is 2.85. The second kappa shape index (κ2) is 5.43. The lowest BCUT2D eigenvalue weighted by Gasteiger charge is -2.10. The number of nitrogen functional groups attached to an aromatic ring is 1. The summed E-state index contributed by atoms with van der Waals surface area (Å²) in [4.78, 5) is 1.41. The number of nitrogens with two attached hydrogens (primary N) is 1. The predicted octanol–water partition coefficient (Wildman–Crippen LogP) is 3.95. The highest BCUT2D eigenvalue weighted by Gasteiger charge is 2.04. The second-order valence-corrected chi connectivity index (χ2v) is 5.32. The van der Waals surface area contributed by atoms with Crippen molar-refractivity contribution in [1.29, 1.82) is 0 Å². The van der Waals surface area contributed by atoms with Gasteiger partial charge in [0.05, 0.1) is 16.4 Å². The molecule has 0 bridgehead atoms. The Bertz CT molecular complexity index is 488. The summed E-state index contributed by atoms with van der Waals surface area (Å²) in [6.07, 6.45) is 0.994. The number of aryl methyl sites for hydroxylation is 1. The molecule has 2 nitrogen and oxygen atoms in total. The average molecular weight is 267 g/mol. The quantitative estimate of drug-likeness (QED) is 0.823. The molecule has 0 aliphatic rings. The van der Waals surface area contributed by atoms with Gasteiger partial charge in [0.25, 0.3) is 0 Å². The molecular formula is C13H15ClN2S. The van der Waals surface area contributed by atoms with Crippen molar-refractivity contribution in [2.24, 2.45) is 0 Å². The van der Waals surface area contributed by atoms with Crippen LogP contribution in [0.3, 0.4) is 0 Å². The van der Waals surface area contributed by atoms with Crippen LogP contribution in [0.1, 0.15) is 10.4 Å². The van der Waals surface area contributed by atoms with Gasteiger partial charge in [-0.25, -0.2) is 0 Å². The van der Waals surface area contributed by atoms with Gasteiger partial charge in [0.15, 0.2) is 0 Å². The Balaban J connectivity index is 1.97. The van der Waals surface area contributed by atoms with Crippen LogP contribution < -0.4 is 11.1 Å². The summed E-state index contributed by atoms with van der Waals surface area (Å²) in [5, 5.41) is 6.09. The minimum atomic E-state index is 0.674. The topological polar surface area (TPSA) is 38.0 Å². The van der Waals surface area contributed by atoms with E-state index in [-0.39, 0.29) is 0 Å². The summed E-state index contributed by atoms with van der Waals surface area (Å²) in [6, 6.07) is 7.69. The maximum Gasteiger partial charge on any atom is 0.0763 e.